The number of carbonyl (C=O) groups excluding carboxylic acids is 1. The lowest BCUT2D eigenvalue weighted by atomic mass is 9.94. The summed E-state index contributed by atoms with van der Waals surface area (Å²) in [6, 6.07) is 12.2. The van der Waals surface area contributed by atoms with Crippen LogP contribution in [0.2, 0.25) is 5.02 Å². The van der Waals surface area contributed by atoms with Gasteiger partial charge in [0, 0.05) is 55.8 Å². The first-order chi connectivity index (χ1) is 23.5. The normalized spacial score (nSPS) is 17.4. The van der Waals surface area contributed by atoms with E-state index in [1.165, 1.54) is 11.3 Å². The maximum Gasteiger partial charge on any atom is 0.410 e. The van der Waals surface area contributed by atoms with Crippen molar-refractivity contribution >= 4 is 59.0 Å². The van der Waals surface area contributed by atoms with E-state index in [0.29, 0.717) is 40.8 Å². The van der Waals surface area contributed by atoms with Crippen molar-refractivity contribution < 1.29 is 18.8 Å². The van der Waals surface area contributed by atoms with Gasteiger partial charge in [0.2, 0.25) is 5.95 Å². The van der Waals surface area contributed by atoms with E-state index in [4.69, 9.17) is 21.1 Å². The Bertz CT molecular complexity index is 1730. The Hall–Kier alpha value is -3.53. The molecule has 0 bridgehead atoms. The van der Waals surface area contributed by atoms with Crippen LogP contribution >= 0.6 is 18.7 Å². The maximum absolute atomic E-state index is 12.9. The molecule has 3 aromatic rings. The smallest absolute Gasteiger partial charge is 0.410 e. The van der Waals surface area contributed by atoms with Crippen LogP contribution in [-0.4, -0.2) is 96.2 Å². The predicted molar refractivity (Wildman–Crippen MR) is 205 cm³/mol. The Morgan fingerprint density at radius 3 is 2.38 bits per heavy atom. The van der Waals surface area contributed by atoms with Gasteiger partial charge in [-0.15, -0.1) is 0 Å². The molecule has 13 heteroatoms. The molecular weight excluding hydrogens is 673 g/mol. The Balaban J connectivity index is 1.27. The third-order valence-corrected chi connectivity index (χ3v) is 11.2. The van der Waals surface area contributed by atoms with E-state index in [1.54, 1.807) is 26.6 Å². The fourth-order valence-electron chi connectivity index (χ4n) is 6.90. The van der Waals surface area contributed by atoms with Crippen LogP contribution in [0.1, 0.15) is 59.9 Å². The molecule has 2 aliphatic rings. The van der Waals surface area contributed by atoms with Crippen molar-refractivity contribution in [3.8, 4) is 5.75 Å². The van der Waals surface area contributed by atoms with Crippen molar-refractivity contribution in [2.24, 2.45) is 0 Å². The van der Waals surface area contributed by atoms with E-state index in [2.05, 4.69) is 63.3 Å². The van der Waals surface area contributed by atoms with Crippen molar-refractivity contribution in [2.45, 2.75) is 78.0 Å². The summed E-state index contributed by atoms with van der Waals surface area (Å²) in [5.41, 5.74) is 2.99. The Morgan fingerprint density at radius 2 is 1.76 bits per heavy atom. The van der Waals surface area contributed by atoms with Crippen LogP contribution in [0.5, 0.6) is 5.75 Å². The SMILES string of the molecule is CCc1cc(Nc2ncc(Cl)c(Nc3ccccc3P(C)(C)=O)n2)c(OC)cc1N1CCC(N2CCN(C(=O)OC(C)(C)C)C(C)(C)C2)CC1. The lowest BCUT2D eigenvalue weighted by Gasteiger charge is -2.50. The highest BCUT2D eigenvalue weighted by Gasteiger charge is 2.41. The number of aryl methyl sites for hydroxylation is 1. The molecule has 0 radical (unpaired) electrons. The van der Waals surface area contributed by atoms with Crippen molar-refractivity contribution in [3.63, 3.8) is 0 Å². The molecule has 3 heterocycles. The summed E-state index contributed by atoms with van der Waals surface area (Å²) < 4.78 is 24.5. The fourth-order valence-corrected chi connectivity index (χ4v) is 8.20. The van der Waals surface area contributed by atoms with Crippen LogP contribution in [0.15, 0.2) is 42.6 Å². The van der Waals surface area contributed by atoms with Crippen molar-refractivity contribution in [2.75, 3.05) is 68.7 Å². The number of hydrogen-bond acceptors (Lipinski definition) is 10. The predicted octanol–water partition coefficient (Wildman–Crippen LogP) is 7.74. The van der Waals surface area contributed by atoms with Crippen molar-refractivity contribution in [3.05, 3.63) is 53.2 Å². The van der Waals surface area contributed by atoms with Gasteiger partial charge in [-0.3, -0.25) is 4.90 Å². The number of hydrogen-bond donors (Lipinski definition) is 2. The van der Waals surface area contributed by atoms with E-state index in [-0.39, 0.29) is 11.6 Å². The number of ether oxygens (including phenoxy) is 2. The third-order valence-electron chi connectivity index (χ3n) is 9.38. The molecule has 0 spiro atoms. The molecule has 2 aromatic carbocycles. The standard InChI is InChI=1S/C37H53ClN7O4P/c1-10-25-21-29(41-34-39-23-27(38)33(42-34)40-28-13-11-12-14-32(28)50(8,9)47)31(48-7)22-30(25)43-17-15-26(16-18-43)44-19-20-45(37(5,6)24-44)35(46)49-36(2,3)4/h11-14,21-23,26H,10,15-20,24H2,1-9H3,(H2,39,40,41,42). The molecule has 50 heavy (non-hydrogen) atoms. The summed E-state index contributed by atoms with van der Waals surface area (Å²) in [5.74, 6) is 1.46. The topological polar surface area (TPSA) is 112 Å². The number of anilines is 5. The molecule has 0 aliphatic carbocycles. The minimum atomic E-state index is -2.54. The Kier molecular flexibility index (Phi) is 11.3. The van der Waals surface area contributed by atoms with Crippen LogP contribution in [0.4, 0.5) is 33.6 Å². The van der Waals surface area contributed by atoms with E-state index in [9.17, 15) is 9.36 Å². The van der Waals surface area contributed by atoms with Gasteiger partial charge in [0.25, 0.3) is 0 Å². The molecule has 5 rings (SSSR count). The zero-order valence-electron chi connectivity index (χ0n) is 31.0. The molecular formula is C37H53ClN7O4P. The van der Waals surface area contributed by atoms with E-state index in [0.717, 1.165) is 56.4 Å². The largest absolute Gasteiger partial charge is 0.494 e. The van der Waals surface area contributed by atoms with Gasteiger partial charge in [-0.25, -0.2) is 9.78 Å². The van der Waals surface area contributed by atoms with Gasteiger partial charge in [-0.2, -0.15) is 4.98 Å². The van der Waals surface area contributed by atoms with E-state index >= 15 is 0 Å². The molecule has 2 aliphatic heterocycles. The first-order valence-electron chi connectivity index (χ1n) is 17.4. The number of halogens is 1. The van der Waals surface area contributed by atoms with Crippen molar-refractivity contribution in [1.29, 1.82) is 0 Å². The minimum absolute atomic E-state index is 0.234. The monoisotopic (exact) mass is 725 g/mol. The maximum atomic E-state index is 12.9. The van der Waals surface area contributed by atoms with Gasteiger partial charge in [0.1, 0.15) is 23.5 Å². The van der Waals surface area contributed by atoms with Crippen molar-refractivity contribution in [1.82, 2.24) is 19.8 Å². The number of methoxy groups -OCH3 is 1. The number of nitrogens with one attached hydrogen (secondary N) is 2. The number of para-hydroxylation sites is 1. The van der Waals surface area contributed by atoms with Gasteiger partial charge >= 0.3 is 6.09 Å². The van der Waals surface area contributed by atoms with Gasteiger partial charge in [0.15, 0.2) is 5.82 Å². The zero-order chi connectivity index (χ0) is 36.4. The van der Waals surface area contributed by atoms with E-state index < -0.39 is 12.7 Å². The number of piperazine rings is 1. The summed E-state index contributed by atoms with van der Waals surface area (Å²) in [4.78, 5) is 28.9. The number of carbonyl (C=O) groups is 1. The summed E-state index contributed by atoms with van der Waals surface area (Å²) in [5, 5.41) is 7.68. The van der Waals surface area contributed by atoms with E-state index in [1.807, 2.05) is 49.9 Å². The minimum Gasteiger partial charge on any atom is -0.494 e. The number of nitrogens with zero attached hydrogens (tertiary/aromatic N) is 5. The Labute approximate surface area is 302 Å². The van der Waals surface area contributed by atoms with Crippen LogP contribution in [0, 0.1) is 0 Å². The highest BCUT2D eigenvalue weighted by molar-refractivity contribution is 7.70. The number of piperidine rings is 1. The molecule has 0 atom stereocenters. The molecule has 0 saturated carbocycles. The molecule has 1 aromatic heterocycles. The van der Waals surface area contributed by atoms with Gasteiger partial charge < -0.3 is 34.5 Å². The fraction of sp³-hybridized carbons (Fsp3) is 0.541. The molecule has 1 amide bonds. The first-order valence-corrected chi connectivity index (χ1v) is 20.4. The average Bonchev–Trinajstić information content (AvgIpc) is 3.04. The van der Waals surface area contributed by atoms with Crippen LogP contribution in [0.3, 0.4) is 0 Å². The lowest BCUT2D eigenvalue weighted by Crippen LogP contribution is -2.64. The van der Waals surface area contributed by atoms with Gasteiger partial charge in [-0.1, -0.05) is 30.7 Å². The van der Waals surface area contributed by atoms with Crippen LogP contribution < -0.4 is 25.6 Å². The molecule has 2 N–H and O–H groups in total. The number of amides is 1. The number of rotatable bonds is 9. The third kappa shape index (κ3) is 8.85. The second-order valence-corrected chi connectivity index (χ2v) is 18.8. The first kappa shape index (κ1) is 37.7. The summed E-state index contributed by atoms with van der Waals surface area (Å²) in [6.07, 6.45) is 4.23. The molecule has 0 unspecified atom stereocenters. The van der Waals surface area contributed by atoms with Gasteiger partial charge in [-0.05, 0) is 91.0 Å². The quantitative estimate of drug-likeness (QED) is 0.213. The molecule has 272 valence electrons. The van der Waals surface area contributed by atoms with Gasteiger partial charge in [0.05, 0.1) is 30.2 Å². The lowest BCUT2D eigenvalue weighted by molar-refractivity contribution is -0.0330. The number of aromatic nitrogens is 2. The second kappa shape index (κ2) is 15.0. The highest BCUT2D eigenvalue weighted by atomic mass is 35.5. The summed E-state index contributed by atoms with van der Waals surface area (Å²) >= 11 is 6.50. The van der Waals surface area contributed by atoms with Crippen LogP contribution in [-0.2, 0) is 15.7 Å². The molecule has 2 saturated heterocycles. The number of benzene rings is 2. The highest BCUT2D eigenvalue weighted by Crippen LogP contribution is 2.40. The molecule has 11 nitrogen and oxygen atoms in total. The average molecular weight is 726 g/mol. The second-order valence-electron chi connectivity index (χ2n) is 15.2. The molecule has 2 fully saturated rings. The summed E-state index contributed by atoms with van der Waals surface area (Å²) in [7, 11) is -0.875. The zero-order valence-corrected chi connectivity index (χ0v) is 32.6. The Morgan fingerprint density at radius 1 is 1.06 bits per heavy atom. The summed E-state index contributed by atoms with van der Waals surface area (Å²) in [6.45, 7) is 19.8. The van der Waals surface area contributed by atoms with Crippen LogP contribution in [0.25, 0.3) is 0 Å².